The predicted molar refractivity (Wildman–Crippen MR) is 119 cm³/mol. The van der Waals surface area contributed by atoms with Crippen molar-refractivity contribution in [1.29, 1.82) is 0 Å². The van der Waals surface area contributed by atoms with Crippen LogP contribution in [-0.2, 0) is 0 Å². The van der Waals surface area contributed by atoms with E-state index in [2.05, 4.69) is 0 Å². The van der Waals surface area contributed by atoms with Gasteiger partial charge in [0.15, 0.2) is 11.3 Å². The molecule has 0 radical (unpaired) electrons. The molecule has 31 heavy (non-hydrogen) atoms. The molecule has 0 atom stereocenters. The molecule has 0 saturated carbocycles. The van der Waals surface area contributed by atoms with Crippen LogP contribution in [0.2, 0.25) is 0 Å². The van der Waals surface area contributed by atoms with E-state index in [1.807, 2.05) is 18.2 Å². The second kappa shape index (κ2) is 7.37. The summed E-state index contributed by atoms with van der Waals surface area (Å²) >= 11 is 0.965. The van der Waals surface area contributed by atoms with Gasteiger partial charge in [0.1, 0.15) is 16.0 Å². The first-order valence-electron chi connectivity index (χ1n) is 9.40. The SMILES string of the molecule is O=c1oc2c(c(O)c1Sc1ccc(O)cc1)c(=O)n(-c1ccccc1)c1ccccc21. The molecule has 2 N–H and O–H groups in total. The lowest BCUT2D eigenvalue weighted by atomic mass is 10.1. The molecule has 0 saturated heterocycles. The molecule has 0 fully saturated rings. The molecule has 2 heterocycles. The summed E-state index contributed by atoms with van der Waals surface area (Å²) in [5.74, 6) is -0.346. The maximum absolute atomic E-state index is 13.5. The Balaban J connectivity index is 1.86. The van der Waals surface area contributed by atoms with Gasteiger partial charge in [-0.3, -0.25) is 9.36 Å². The van der Waals surface area contributed by atoms with E-state index in [1.165, 1.54) is 16.7 Å². The average Bonchev–Trinajstić information content (AvgIpc) is 2.78. The van der Waals surface area contributed by atoms with Crippen LogP contribution in [0.3, 0.4) is 0 Å². The van der Waals surface area contributed by atoms with Crippen LogP contribution in [0.5, 0.6) is 11.5 Å². The Hall–Kier alpha value is -3.97. The molecule has 0 aliphatic carbocycles. The van der Waals surface area contributed by atoms with Crippen LogP contribution < -0.4 is 11.2 Å². The van der Waals surface area contributed by atoms with Gasteiger partial charge in [0.05, 0.1) is 5.52 Å². The molecule has 0 unspecified atom stereocenters. The third-order valence-corrected chi connectivity index (χ3v) is 6.01. The topological polar surface area (TPSA) is 92.7 Å². The lowest BCUT2D eigenvalue weighted by Crippen LogP contribution is -2.20. The van der Waals surface area contributed by atoms with Crippen molar-refractivity contribution in [2.45, 2.75) is 9.79 Å². The van der Waals surface area contributed by atoms with E-state index < -0.39 is 16.9 Å². The number of benzene rings is 3. The highest BCUT2D eigenvalue weighted by atomic mass is 32.2. The van der Waals surface area contributed by atoms with Gasteiger partial charge < -0.3 is 14.6 Å². The Bertz CT molecular complexity index is 1550. The molecule has 6 nitrogen and oxygen atoms in total. The largest absolute Gasteiger partial charge is 0.508 e. The highest BCUT2D eigenvalue weighted by Crippen LogP contribution is 2.37. The summed E-state index contributed by atoms with van der Waals surface area (Å²) in [6.07, 6.45) is 0. The number of hydrogen-bond acceptors (Lipinski definition) is 6. The zero-order chi connectivity index (χ0) is 21.5. The van der Waals surface area contributed by atoms with E-state index in [0.717, 1.165) is 11.8 Å². The second-order valence-corrected chi connectivity index (χ2v) is 7.94. The zero-order valence-electron chi connectivity index (χ0n) is 16.0. The lowest BCUT2D eigenvalue weighted by Gasteiger charge is -2.14. The summed E-state index contributed by atoms with van der Waals surface area (Å²) in [6, 6.07) is 22.3. The average molecular weight is 429 g/mol. The van der Waals surface area contributed by atoms with Crippen molar-refractivity contribution in [1.82, 2.24) is 4.57 Å². The number of aromatic nitrogens is 1. The smallest absolute Gasteiger partial charge is 0.354 e. The van der Waals surface area contributed by atoms with E-state index in [1.54, 1.807) is 48.5 Å². The Morgan fingerprint density at radius 2 is 1.48 bits per heavy atom. The molecule has 0 bridgehead atoms. The quantitative estimate of drug-likeness (QED) is 0.405. The minimum Gasteiger partial charge on any atom is -0.508 e. The number of fused-ring (bicyclic) bond motifs is 3. The van der Waals surface area contributed by atoms with Gasteiger partial charge in [-0.25, -0.2) is 4.79 Å². The molecule has 0 amide bonds. The van der Waals surface area contributed by atoms with E-state index in [4.69, 9.17) is 4.42 Å². The fourth-order valence-electron chi connectivity index (χ4n) is 3.53. The van der Waals surface area contributed by atoms with Crippen LogP contribution in [0, 0.1) is 0 Å². The Morgan fingerprint density at radius 1 is 0.806 bits per heavy atom. The fourth-order valence-corrected chi connectivity index (χ4v) is 4.36. The van der Waals surface area contributed by atoms with Gasteiger partial charge in [0.25, 0.3) is 5.56 Å². The van der Waals surface area contributed by atoms with Crippen molar-refractivity contribution in [3.05, 3.63) is 99.6 Å². The van der Waals surface area contributed by atoms with Crippen molar-refractivity contribution >= 4 is 33.6 Å². The molecule has 7 heteroatoms. The number of hydrogen-bond donors (Lipinski definition) is 2. The number of para-hydroxylation sites is 2. The predicted octanol–water partition coefficient (Wildman–Crippen LogP) is 4.66. The normalized spacial score (nSPS) is 11.2. The van der Waals surface area contributed by atoms with Crippen molar-refractivity contribution in [3.8, 4) is 17.2 Å². The van der Waals surface area contributed by atoms with Crippen molar-refractivity contribution in [2.75, 3.05) is 0 Å². The van der Waals surface area contributed by atoms with Crippen LogP contribution in [0.25, 0.3) is 27.6 Å². The van der Waals surface area contributed by atoms with E-state index in [0.29, 0.717) is 21.5 Å². The van der Waals surface area contributed by atoms with Crippen molar-refractivity contribution in [3.63, 3.8) is 0 Å². The first-order chi connectivity index (χ1) is 15.0. The van der Waals surface area contributed by atoms with Crippen LogP contribution in [0.4, 0.5) is 0 Å². The molecule has 3 aromatic carbocycles. The number of nitrogens with zero attached hydrogens (tertiary/aromatic N) is 1. The number of phenolic OH excluding ortho intramolecular Hbond substituents is 1. The highest BCUT2D eigenvalue weighted by Gasteiger charge is 2.22. The Morgan fingerprint density at radius 3 is 2.23 bits per heavy atom. The van der Waals surface area contributed by atoms with E-state index >= 15 is 0 Å². The van der Waals surface area contributed by atoms with Crippen molar-refractivity contribution in [2.24, 2.45) is 0 Å². The number of phenols is 1. The monoisotopic (exact) mass is 429 g/mol. The van der Waals surface area contributed by atoms with Gasteiger partial charge in [-0.05, 0) is 48.5 Å². The fraction of sp³-hybridized carbons (Fsp3) is 0. The summed E-state index contributed by atoms with van der Waals surface area (Å²) in [6.45, 7) is 0. The van der Waals surface area contributed by atoms with Gasteiger partial charge >= 0.3 is 5.63 Å². The third-order valence-electron chi connectivity index (χ3n) is 4.94. The molecule has 0 aliphatic heterocycles. The van der Waals surface area contributed by atoms with Crippen molar-refractivity contribution < 1.29 is 14.6 Å². The van der Waals surface area contributed by atoms with Gasteiger partial charge in [-0.1, -0.05) is 42.1 Å². The van der Waals surface area contributed by atoms with E-state index in [-0.39, 0.29) is 21.6 Å². The molecular weight excluding hydrogens is 414 g/mol. The molecule has 2 aromatic heterocycles. The summed E-state index contributed by atoms with van der Waals surface area (Å²) < 4.78 is 7.05. The minimum atomic E-state index is -0.745. The third kappa shape index (κ3) is 3.15. The molecule has 152 valence electrons. The van der Waals surface area contributed by atoms with Gasteiger partial charge in [0, 0.05) is 16.0 Å². The first kappa shape index (κ1) is 19.0. The molecule has 0 spiro atoms. The molecule has 5 rings (SSSR count). The van der Waals surface area contributed by atoms with Crippen LogP contribution in [0.15, 0.2) is 103 Å². The van der Waals surface area contributed by atoms with Crippen LogP contribution in [0.1, 0.15) is 0 Å². The van der Waals surface area contributed by atoms with Gasteiger partial charge in [-0.2, -0.15) is 0 Å². The highest BCUT2D eigenvalue weighted by molar-refractivity contribution is 7.99. The Labute approximate surface area is 179 Å². The summed E-state index contributed by atoms with van der Waals surface area (Å²) in [7, 11) is 0. The molecule has 5 aromatic rings. The Kier molecular flexibility index (Phi) is 4.52. The van der Waals surface area contributed by atoms with Crippen LogP contribution >= 0.6 is 11.8 Å². The van der Waals surface area contributed by atoms with Gasteiger partial charge in [-0.15, -0.1) is 0 Å². The standard InChI is InChI=1S/C24H15NO5S/c26-15-10-12-16(13-11-15)31-22-20(27)19-21(30-24(22)29)17-8-4-5-9-18(17)25(23(19)28)14-6-2-1-3-7-14/h1-13,26-27H. The number of pyridine rings is 1. The molecule has 0 aliphatic rings. The lowest BCUT2D eigenvalue weighted by molar-refractivity contribution is 0.447. The number of aromatic hydroxyl groups is 2. The minimum absolute atomic E-state index is 0.0466. The zero-order valence-corrected chi connectivity index (χ0v) is 16.8. The summed E-state index contributed by atoms with van der Waals surface area (Å²) in [5, 5.41) is 21.0. The van der Waals surface area contributed by atoms with Gasteiger partial charge in [0.2, 0.25) is 0 Å². The summed E-state index contributed by atoms with van der Waals surface area (Å²) in [5.41, 5.74) is 0.000702. The summed E-state index contributed by atoms with van der Waals surface area (Å²) in [4.78, 5) is 26.8. The first-order valence-corrected chi connectivity index (χ1v) is 10.2. The second-order valence-electron chi connectivity index (χ2n) is 6.86. The maximum Gasteiger partial charge on any atom is 0.354 e. The van der Waals surface area contributed by atoms with Crippen LogP contribution in [-0.4, -0.2) is 14.8 Å². The maximum atomic E-state index is 13.5. The number of rotatable bonds is 3. The van der Waals surface area contributed by atoms with E-state index in [9.17, 15) is 19.8 Å². The molecular formula is C24H15NO5S.